The lowest BCUT2D eigenvalue weighted by Crippen LogP contribution is -2.17. The summed E-state index contributed by atoms with van der Waals surface area (Å²) in [5, 5.41) is 5.74. The minimum absolute atomic E-state index is 0.463. The molecule has 0 amide bonds. The second-order valence-electron chi connectivity index (χ2n) is 5.99. The van der Waals surface area contributed by atoms with Gasteiger partial charge in [-0.25, -0.2) is 9.79 Å². The number of oxime groups is 1. The van der Waals surface area contributed by atoms with Crippen LogP contribution < -0.4 is 0 Å². The Kier molecular flexibility index (Phi) is 4.58. The van der Waals surface area contributed by atoms with Crippen LogP contribution in [0, 0.1) is 0 Å². The molecule has 0 atom stereocenters. The Hall–Kier alpha value is -2.86. The lowest BCUT2D eigenvalue weighted by atomic mass is 10.2. The fraction of sp³-hybridized carbons (Fsp3) is 0.150. The summed E-state index contributed by atoms with van der Waals surface area (Å²) in [5.41, 5.74) is 3.55. The molecule has 2 heterocycles. The highest BCUT2D eigenvalue weighted by molar-refractivity contribution is 8.28. The van der Waals surface area contributed by atoms with E-state index in [1.807, 2.05) is 43.4 Å². The van der Waals surface area contributed by atoms with E-state index in [2.05, 4.69) is 10.1 Å². The maximum Gasteiger partial charge on any atom is 0.365 e. The molecular weight excluding hydrogens is 346 g/mol. The Morgan fingerprint density at radius 3 is 2.46 bits per heavy atom. The number of hydrogen-bond donors (Lipinski definition) is 0. The van der Waals surface area contributed by atoms with E-state index in [0.717, 1.165) is 35.0 Å². The van der Waals surface area contributed by atoms with Crippen LogP contribution in [-0.4, -0.2) is 34.5 Å². The smallest absolute Gasteiger partial charge is 0.365 e. The van der Waals surface area contributed by atoms with Crippen LogP contribution in [0.15, 0.2) is 82.1 Å². The summed E-state index contributed by atoms with van der Waals surface area (Å²) in [6, 6.07) is 18.7. The van der Waals surface area contributed by atoms with Crippen molar-refractivity contribution in [3.05, 3.63) is 77.5 Å². The highest BCUT2D eigenvalue weighted by atomic mass is 32.2. The number of rotatable bonds is 3. The highest BCUT2D eigenvalue weighted by Crippen LogP contribution is 2.39. The van der Waals surface area contributed by atoms with Crippen molar-refractivity contribution in [2.24, 2.45) is 10.1 Å². The highest BCUT2D eigenvalue weighted by Gasteiger charge is 2.35. The normalized spacial score (nSPS) is 19.3. The number of benzene rings is 2. The Morgan fingerprint density at radius 2 is 1.73 bits per heavy atom. The van der Waals surface area contributed by atoms with E-state index in [1.165, 1.54) is 11.8 Å². The second-order valence-corrected chi connectivity index (χ2v) is 6.97. The number of aliphatic imine (C=N–C) groups is 1. The molecule has 0 bridgehead atoms. The van der Waals surface area contributed by atoms with Gasteiger partial charge in [0.1, 0.15) is 5.04 Å². The van der Waals surface area contributed by atoms with Crippen LogP contribution in [0.5, 0.6) is 0 Å². The summed E-state index contributed by atoms with van der Waals surface area (Å²) in [5.74, 6) is -0.463. The molecule has 4 rings (SSSR count). The van der Waals surface area contributed by atoms with Gasteiger partial charge < -0.3 is 9.74 Å². The predicted molar refractivity (Wildman–Crippen MR) is 105 cm³/mol. The Labute approximate surface area is 156 Å². The molecule has 0 unspecified atom stereocenters. The van der Waals surface area contributed by atoms with Crippen molar-refractivity contribution in [1.29, 1.82) is 0 Å². The summed E-state index contributed by atoms with van der Waals surface area (Å²) < 4.78 is 0. The molecule has 5 nitrogen and oxygen atoms in total. The zero-order valence-electron chi connectivity index (χ0n) is 14.3. The van der Waals surface area contributed by atoms with Crippen LogP contribution >= 0.6 is 11.8 Å². The van der Waals surface area contributed by atoms with Crippen molar-refractivity contribution in [1.82, 2.24) is 4.90 Å². The summed E-state index contributed by atoms with van der Waals surface area (Å²) >= 11 is 1.45. The molecular formula is C20H17N3O2S. The van der Waals surface area contributed by atoms with Gasteiger partial charge in [0.2, 0.25) is 0 Å². The molecule has 0 aromatic heterocycles. The largest absolute Gasteiger partial charge is 0.372 e. The molecule has 130 valence electrons. The standard InChI is InChI=1S/C20H17N3O2S/c1-23-13-12-16-17(23)19(22-25-20(24)14-8-4-2-5-9-14)26-18(16)21-15-10-6-3-7-11-15/h2-11H,12-13H2,1H3. The molecule has 2 aromatic carbocycles. The SMILES string of the molecule is CN1CCC2=C1C(=NOC(=O)c1ccccc1)SC2=Nc1ccccc1. The van der Waals surface area contributed by atoms with Gasteiger partial charge >= 0.3 is 5.97 Å². The van der Waals surface area contributed by atoms with Crippen LogP contribution in [0.25, 0.3) is 0 Å². The van der Waals surface area contributed by atoms with Crippen molar-refractivity contribution < 1.29 is 9.63 Å². The van der Waals surface area contributed by atoms with Crippen LogP contribution in [-0.2, 0) is 4.84 Å². The van der Waals surface area contributed by atoms with Gasteiger partial charge in [-0.05, 0) is 42.4 Å². The van der Waals surface area contributed by atoms with Gasteiger partial charge in [0.25, 0.3) is 0 Å². The van der Waals surface area contributed by atoms with Crippen molar-refractivity contribution in [3.63, 3.8) is 0 Å². The minimum Gasteiger partial charge on any atom is -0.372 e. The van der Waals surface area contributed by atoms with Crippen molar-refractivity contribution in [2.45, 2.75) is 6.42 Å². The molecule has 6 heteroatoms. The summed E-state index contributed by atoms with van der Waals surface area (Å²) in [7, 11) is 2.02. The summed E-state index contributed by atoms with van der Waals surface area (Å²) in [4.78, 5) is 24.2. The van der Waals surface area contributed by atoms with Crippen LogP contribution in [0.2, 0.25) is 0 Å². The van der Waals surface area contributed by atoms with Gasteiger partial charge in [-0.1, -0.05) is 41.6 Å². The van der Waals surface area contributed by atoms with E-state index in [9.17, 15) is 4.79 Å². The molecule has 2 aliphatic heterocycles. The lowest BCUT2D eigenvalue weighted by molar-refractivity contribution is 0.0518. The Balaban J connectivity index is 1.59. The average molecular weight is 363 g/mol. The zero-order chi connectivity index (χ0) is 17.9. The number of carbonyl (C=O) groups is 1. The summed E-state index contributed by atoms with van der Waals surface area (Å²) in [6.45, 7) is 0.907. The third kappa shape index (κ3) is 3.28. The Bertz CT molecular complexity index is 921. The van der Waals surface area contributed by atoms with Gasteiger partial charge in [-0.2, -0.15) is 0 Å². The first-order valence-electron chi connectivity index (χ1n) is 8.33. The molecule has 2 aliphatic rings. The molecule has 26 heavy (non-hydrogen) atoms. The molecule has 0 spiro atoms. The van der Waals surface area contributed by atoms with E-state index < -0.39 is 5.97 Å². The first-order chi connectivity index (χ1) is 12.7. The van der Waals surface area contributed by atoms with Crippen molar-refractivity contribution in [2.75, 3.05) is 13.6 Å². The second kappa shape index (κ2) is 7.17. The third-order valence-electron chi connectivity index (χ3n) is 4.23. The zero-order valence-corrected chi connectivity index (χ0v) is 15.1. The van der Waals surface area contributed by atoms with E-state index in [4.69, 9.17) is 9.83 Å². The van der Waals surface area contributed by atoms with Crippen molar-refractivity contribution in [3.8, 4) is 0 Å². The maximum atomic E-state index is 12.1. The minimum atomic E-state index is -0.463. The van der Waals surface area contributed by atoms with Crippen LogP contribution in [0.1, 0.15) is 16.8 Å². The molecule has 0 fully saturated rings. The molecule has 2 aromatic rings. The molecule has 0 aliphatic carbocycles. The van der Waals surface area contributed by atoms with Crippen molar-refractivity contribution >= 4 is 33.5 Å². The van der Waals surface area contributed by atoms with E-state index >= 15 is 0 Å². The van der Waals surface area contributed by atoms with E-state index in [0.29, 0.717) is 10.6 Å². The number of hydrogen-bond acceptors (Lipinski definition) is 6. The number of carbonyl (C=O) groups excluding carboxylic acids is 1. The first-order valence-corrected chi connectivity index (χ1v) is 9.15. The van der Waals surface area contributed by atoms with E-state index in [1.54, 1.807) is 24.3 Å². The fourth-order valence-electron chi connectivity index (χ4n) is 2.92. The maximum absolute atomic E-state index is 12.1. The summed E-state index contributed by atoms with van der Waals surface area (Å²) in [6.07, 6.45) is 0.913. The molecule has 0 N–H and O–H groups in total. The fourth-order valence-corrected chi connectivity index (χ4v) is 4.03. The Morgan fingerprint density at radius 1 is 1.04 bits per heavy atom. The first kappa shape index (κ1) is 16.6. The van der Waals surface area contributed by atoms with Gasteiger partial charge in [-0.15, -0.1) is 0 Å². The van der Waals surface area contributed by atoms with Gasteiger partial charge in [0.05, 0.1) is 16.9 Å². The van der Waals surface area contributed by atoms with E-state index in [-0.39, 0.29) is 0 Å². The molecule has 0 radical (unpaired) electrons. The average Bonchev–Trinajstić information content (AvgIpc) is 3.23. The quantitative estimate of drug-likeness (QED) is 0.605. The third-order valence-corrected chi connectivity index (χ3v) is 5.22. The van der Waals surface area contributed by atoms with Crippen LogP contribution in [0.4, 0.5) is 5.69 Å². The molecule has 0 saturated carbocycles. The number of thioether (sulfide) groups is 1. The monoisotopic (exact) mass is 363 g/mol. The lowest BCUT2D eigenvalue weighted by Gasteiger charge is -2.14. The predicted octanol–water partition coefficient (Wildman–Crippen LogP) is 4.22. The van der Waals surface area contributed by atoms with Gasteiger partial charge in [0.15, 0.2) is 5.04 Å². The number of nitrogens with zero attached hydrogens (tertiary/aromatic N) is 3. The van der Waals surface area contributed by atoms with Gasteiger partial charge in [0, 0.05) is 19.2 Å². The van der Waals surface area contributed by atoms with Gasteiger partial charge in [-0.3, -0.25) is 0 Å². The molecule has 0 saturated heterocycles. The topological polar surface area (TPSA) is 54.3 Å². The van der Waals surface area contributed by atoms with Crippen LogP contribution in [0.3, 0.4) is 0 Å². The number of para-hydroxylation sites is 1.